The second kappa shape index (κ2) is 10.1. The van der Waals surface area contributed by atoms with Crippen LogP contribution in [-0.4, -0.2) is 54.7 Å². The first-order valence-electron chi connectivity index (χ1n) is 6.43. The molecule has 1 N–H and O–H groups in total. The highest BCUT2D eigenvalue weighted by molar-refractivity contribution is 8.70. The molecule has 0 aliphatic carbocycles. The lowest BCUT2D eigenvalue weighted by molar-refractivity contribution is 0.0686. The minimum atomic E-state index is -3.76. The number of aliphatic hydroxyl groups excluding tert-OH is 1. The van der Waals surface area contributed by atoms with Crippen molar-refractivity contribution in [1.29, 1.82) is 0 Å². The van der Waals surface area contributed by atoms with Gasteiger partial charge in [0.1, 0.15) is 5.44 Å². The van der Waals surface area contributed by atoms with Gasteiger partial charge in [0.25, 0.3) is 0 Å². The molecular weight excluding hydrogens is 324 g/mol. The number of hydrogen-bond donors (Lipinski definition) is 1. The van der Waals surface area contributed by atoms with Gasteiger partial charge in [-0.3, -0.25) is 4.18 Å². The maximum Gasteiger partial charge on any atom is 0.501 e. The summed E-state index contributed by atoms with van der Waals surface area (Å²) in [5.41, 5.74) is -1.12. The predicted octanol–water partition coefficient (Wildman–Crippen LogP) is 1.37. The monoisotopic (exact) mass is 348 g/mol. The third-order valence-electron chi connectivity index (χ3n) is 2.22. The summed E-state index contributed by atoms with van der Waals surface area (Å²) in [6, 6.07) is 0.343. The van der Waals surface area contributed by atoms with Crippen molar-refractivity contribution in [3.05, 3.63) is 0 Å². The second-order valence-electron chi connectivity index (χ2n) is 3.65. The van der Waals surface area contributed by atoms with E-state index in [4.69, 9.17) is 13.3 Å². The first-order chi connectivity index (χ1) is 9.34. The van der Waals surface area contributed by atoms with E-state index in [0.717, 1.165) is 7.11 Å². The molecule has 0 bridgehead atoms. The molecule has 1 unspecified atom stereocenters. The summed E-state index contributed by atoms with van der Waals surface area (Å²) in [6.07, 6.45) is 0.180. The molecule has 0 rings (SSSR count). The van der Waals surface area contributed by atoms with Gasteiger partial charge in [0, 0.05) is 36.7 Å². The Morgan fingerprint density at radius 1 is 1.10 bits per heavy atom. The van der Waals surface area contributed by atoms with Crippen LogP contribution in [0.5, 0.6) is 0 Å². The van der Waals surface area contributed by atoms with Gasteiger partial charge in [0.15, 0.2) is 0 Å². The molecule has 0 fully saturated rings. The third-order valence-corrected chi connectivity index (χ3v) is 8.19. The van der Waals surface area contributed by atoms with Crippen molar-refractivity contribution in [1.82, 2.24) is 0 Å². The van der Waals surface area contributed by atoms with Gasteiger partial charge in [-0.15, -0.1) is 0 Å². The van der Waals surface area contributed by atoms with Gasteiger partial charge in [0.2, 0.25) is 0 Å². The molecule has 0 radical (unpaired) electrons. The Bertz CT molecular complexity index is 332. The van der Waals surface area contributed by atoms with E-state index in [9.17, 15) is 13.5 Å². The van der Waals surface area contributed by atoms with Crippen molar-refractivity contribution in [2.75, 3.05) is 26.9 Å². The van der Waals surface area contributed by atoms with Crippen LogP contribution in [0.25, 0.3) is 0 Å². The molecule has 0 saturated heterocycles. The highest BCUT2D eigenvalue weighted by atomic mass is 33.1. The molecule has 0 spiro atoms. The van der Waals surface area contributed by atoms with E-state index in [1.54, 1.807) is 0 Å². The van der Waals surface area contributed by atoms with Crippen LogP contribution in [0.2, 0.25) is 6.04 Å². The first kappa shape index (κ1) is 20.3. The van der Waals surface area contributed by atoms with Gasteiger partial charge in [-0.2, -0.15) is 8.42 Å². The standard InChI is InChI=1S/C10H24O7S2Si/c1-5-15-20(16-6-2,17-7-3)9-8-10(11)18-19(12,13)14-4/h10-11H,5-9H2,1-4H3. The zero-order valence-corrected chi connectivity index (χ0v) is 15.0. The number of rotatable bonds is 12. The summed E-state index contributed by atoms with van der Waals surface area (Å²) in [5.74, 6) is 0. The average Bonchev–Trinajstić information content (AvgIpc) is 2.37. The van der Waals surface area contributed by atoms with Crippen LogP contribution in [0.15, 0.2) is 0 Å². The van der Waals surface area contributed by atoms with Crippen LogP contribution in [0.1, 0.15) is 27.2 Å². The smallest absolute Gasteiger partial charge is 0.381 e. The number of hydrogen-bond acceptors (Lipinski definition) is 8. The maximum absolute atomic E-state index is 11.2. The highest BCUT2D eigenvalue weighted by Crippen LogP contribution is 2.26. The molecule has 0 saturated carbocycles. The van der Waals surface area contributed by atoms with Crippen molar-refractivity contribution >= 4 is 28.7 Å². The fourth-order valence-corrected chi connectivity index (χ4v) is 6.27. The molecule has 20 heavy (non-hydrogen) atoms. The van der Waals surface area contributed by atoms with Gasteiger partial charge in [-0.1, -0.05) is 0 Å². The molecule has 0 aliphatic heterocycles. The molecule has 1 atom stereocenters. The van der Waals surface area contributed by atoms with Crippen LogP contribution in [0, 0.1) is 0 Å². The normalized spacial score (nSPS) is 14.4. The number of aliphatic hydroxyl groups is 1. The maximum atomic E-state index is 11.2. The van der Waals surface area contributed by atoms with E-state index in [0.29, 0.717) is 36.7 Å². The van der Waals surface area contributed by atoms with Crippen LogP contribution >= 0.6 is 10.8 Å². The van der Waals surface area contributed by atoms with Crippen molar-refractivity contribution in [3.8, 4) is 0 Å². The summed E-state index contributed by atoms with van der Waals surface area (Å²) in [7, 11) is -5.21. The summed E-state index contributed by atoms with van der Waals surface area (Å²) in [4.78, 5) is 0. The van der Waals surface area contributed by atoms with Gasteiger partial charge in [-0.05, 0) is 27.2 Å². The largest absolute Gasteiger partial charge is 0.501 e. The summed E-state index contributed by atoms with van der Waals surface area (Å²) in [6.45, 7) is 6.81. The molecule has 0 aliphatic rings. The molecular formula is C10H24O7S2Si. The Balaban J connectivity index is 4.58. The Hall–Kier alpha value is 0.317. The third kappa shape index (κ3) is 7.93. The summed E-state index contributed by atoms with van der Waals surface area (Å²) < 4.78 is 43.5. The van der Waals surface area contributed by atoms with E-state index in [2.05, 4.69) is 4.18 Å². The predicted molar refractivity (Wildman–Crippen MR) is 79.6 cm³/mol. The lowest BCUT2D eigenvalue weighted by atomic mass is 10.5. The van der Waals surface area contributed by atoms with Crippen molar-refractivity contribution in [3.63, 3.8) is 0 Å². The quantitative estimate of drug-likeness (QED) is 0.321. The lowest BCUT2D eigenvalue weighted by Crippen LogP contribution is -2.46. The Kier molecular flexibility index (Phi) is 10.3. The molecule has 10 heteroatoms. The fraction of sp³-hybridized carbons (Fsp3) is 1.00. The van der Waals surface area contributed by atoms with Gasteiger partial charge >= 0.3 is 18.0 Å². The second-order valence-corrected chi connectivity index (χ2v) is 10.1. The minimum absolute atomic E-state index is 0.180. The minimum Gasteiger partial charge on any atom is -0.381 e. The molecule has 7 nitrogen and oxygen atoms in total. The van der Waals surface area contributed by atoms with E-state index >= 15 is 0 Å². The van der Waals surface area contributed by atoms with E-state index < -0.39 is 23.4 Å². The lowest BCUT2D eigenvalue weighted by Gasteiger charge is -2.28. The fourth-order valence-electron chi connectivity index (χ4n) is 1.52. The molecule has 122 valence electrons. The van der Waals surface area contributed by atoms with Gasteiger partial charge < -0.3 is 18.4 Å². The molecule has 0 aromatic rings. The van der Waals surface area contributed by atoms with E-state index in [-0.39, 0.29) is 6.42 Å². The molecule has 0 aromatic carbocycles. The average molecular weight is 349 g/mol. The van der Waals surface area contributed by atoms with Crippen molar-refractivity contribution in [2.45, 2.75) is 38.7 Å². The molecule has 0 amide bonds. The van der Waals surface area contributed by atoms with E-state index in [1.807, 2.05) is 20.8 Å². The van der Waals surface area contributed by atoms with Crippen LogP contribution in [-0.2, 0) is 26.6 Å². The Morgan fingerprint density at radius 3 is 1.90 bits per heavy atom. The van der Waals surface area contributed by atoms with Gasteiger partial charge in [0.05, 0.1) is 7.11 Å². The first-order valence-corrected chi connectivity index (χ1v) is 11.2. The van der Waals surface area contributed by atoms with E-state index in [1.165, 1.54) is 0 Å². The van der Waals surface area contributed by atoms with Crippen molar-refractivity contribution < 1.29 is 31.0 Å². The zero-order valence-electron chi connectivity index (χ0n) is 12.3. The van der Waals surface area contributed by atoms with Crippen molar-refractivity contribution in [2.24, 2.45) is 0 Å². The van der Waals surface area contributed by atoms with Crippen LogP contribution < -0.4 is 0 Å². The SMILES string of the molecule is CCO[Si](CCC(O)SS(=O)(=O)OC)(OCC)OCC. The Morgan fingerprint density at radius 2 is 1.55 bits per heavy atom. The van der Waals surface area contributed by atoms with Crippen LogP contribution in [0.3, 0.4) is 0 Å². The summed E-state index contributed by atoms with van der Waals surface area (Å²) >= 11 is 0. The topological polar surface area (TPSA) is 91.3 Å². The summed E-state index contributed by atoms with van der Waals surface area (Å²) in [5, 5.41) is 9.74. The van der Waals surface area contributed by atoms with Crippen LogP contribution in [0.4, 0.5) is 0 Å². The van der Waals surface area contributed by atoms with Gasteiger partial charge in [-0.25, -0.2) is 0 Å². The Labute approximate surface area is 125 Å². The molecule has 0 heterocycles. The zero-order chi connectivity index (χ0) is 15.6. The highest BCUT2D eigenvalue weighted by Gasteiger charge is 2.40. The molecule has 0 aromatic heterocycles.